The second-order valence-corrected chi connectivity index (χ2v) is 5.69. The molecule has 0 radical (unpaired) electrons. The molecule has 0 saturated heterocycles. The fourth-order valence-electron chi connectivity index (χ4n) is 1.76. The van der Waals surface area contributed by atoms with Gasteiger partial charge in [-0.05, 0) is 37.6 Å². The van der Waals surface area contributed by atoms with Crippen LogP contribution in [0.3, 0.4) is 0 Å². The summed E-state index contributed by atoms with van der Waals surface area (Å²) in [7, 11) is 0. The van der Waals surface area contributed by atoms with Crippen molar-refractivity contribution in [2.75, 3.05) is 0 Å². The van der Waals surface area contributed by atoms with Crippen LogP contribution in [0.25, 0.3) is 0 Å². The Kier molecular flexibility index (Phi) is 4.32. The Balaban J connectivity index is 2.39. The van der Waals surface area contributed by atoms with Gasteiger partial charge in [0.05, 0.1) is 6.04 Å². The number of hydrogen-bond acceptors (Lipinski definition) is 3. The minimum Gasteiger partial charge on any atom is -0.302 e. The Labute approximate surface area is 115 Å². The molecule has 1 N–H and O–H groups in total. The van der Waals surface area contributed by atoms with Crippen molar-refractivity contribution in [3.63, 3.8) is 0 Å². The molecule has 0 aliphatic heterocycles. The van der Waals surface area contributed by atoms with E-state index in [1.54, 1.807) is 23.6 Å². The van der Waals surface area contributed by atoms with Crippen LogP contribution >= 0.6 is 22.9 Å². The Morgan fingerprint density at radius 1 is 1.33 bits per heavy atom. The third-order valence-corrected chi connectivity index (χ3v) is 3.48. The molecule has 1 aromatic carbocycles. The number of rotatable bonds is 4. The number of aromatic nitrogens is 1. The predicted molar refractivity (Wildman–Crippen MR) is 73.6 cm³/mol. The third kappa shape index (κ3) is 3.28. The van der Waals surface area contributed by atoms with E-state index in [0.717, 1.165) is 10.6 Å². The second kappa shape index (κ2) is 5.78. The molecule has 1 heterocycles. The van der Waals surface area contributed by atoms with Crippen LogP contribution < -0.4 is 5.32 Å². The first-order valence-corrected chi connectivity index (χ1v) is 6.93. The van der Waals surface area contributed by atoms with Gasteiger partial charge in [0.15, 0.2) is 0 Å². The smallest absolute Gasteiger partial charge is 0.125 e. The SMILES string of the molecule is CC(C)NC(c1cc(F)cc(Cl)c1)c1nccs1. The molecule has 1 aromatic heterocycles. The van der Waals surface area contributed by atoms with Crippen LogP contribution in [0.15, 0.2) is 29.8 Å². The van der Waals surface area contributed by atoms with E-state index in [9.17, 15) is 4.39 Å². The van der Waals surface area contributed by atoms with Crippen LogP contribution in [0.1, 0.15) is 30.5 Å². The molecule has 0 saturated carbocycles. The summed E-state index contributed by atoms with van der Waals surface area (Å²) in [5, 5.41) is 6.59. The lowest BCUT2D eigenvalue weighted by Crippen LogP contribution is -2.29. The molecule has 1 atom stereocenters. The van der Waals surface area contributed by atoms with E-state index < -0.39 is 0 Å². The minimum absolute atomic E-state index is 0.127. The summed E-state index contributed by atoms with van der Waals surface area (Å²) >= 11 is 7.45. The number of nitrogens with one attached hydrogen (secondary N) is 1. The van der Waals surface area contributed by atoms with Gasteiger partial charge in [-0.15, -0.1) is 11.3 Å². The summed E-state index contributed by atoms with van der Waals surface area (Å²) in [6, 6.07) is 4.71. The van der Waals surface area contributed by atoms with Gasteiger partial charge in [0, 0.05) is 22.6 Å². The molecule has 0 spiro atoms. The van der Waals surface area contributed by atoms with Crippen LogP contribution in [-0.4, -0.2) is 11.0 Å². The third-order valence-electron chi connectivity index (χ3n) is 2.42. The Bertz CT molecular complexity index is 493. The number of halogens is 2. The maximum Gasteiger partial charge on any atom is 0.125 e. The lowest BCUT2D eigenvalue weighted by molar-refractivity contribution is 0.523. The van der Waals surface area contributed by atoms with Crippen molar-refractivity contribution in [2.24, 2.45) is 0 Å². The lowest BCUT2D eigenvalue weighted by Gasteiger charge is -2.20. The first-order valence-electron chi connectivity index (χ1n) is 5.67. The standard InChI is InChI=1S/C13H14ClFN2S/c1-8(2)17-12(13-16-3-4-18-13)9-5-10(14)7-11(15)6-9/h3-8,12,17H,1-2H3. The highest BCUT2D eigenvalue weighted by atomic mass is 35.5. The summed E-state index contributed by atoms with van der Waals surface area (Å²) < 4.78 is 13.4. The summed E-state index contributed by atoms with van der Waals surface area (Å²) in [6.07, 6.45) is 1.75. The largest absolute Gasteiger partial charge is 0.302 e. The van der Waals surface area contributed by atoms with Crippen molar-refractivity contribution < 1.29 is 4.39 Å². The Morgan fingerprint density at radius 3 is 2.67 bits per heavy atom. The number of nitrogens with zero attached hydrogens (tertiary/aromatic N) is 1. The first kappa shape index (κ1) is 13.5. The average molecular weight is 285 g/mol. The van der Waals surface area contributed by atoms with Gasteiger partial charge in [-0.2, -0.15) is 0 Å². The zero-order valence-electron chi connectivity index (χ0n) is 10.2. The van der Waals surface area contributed by atoms with E-state index in [-0.39, 0.29) is 17.9 Å². The number of hydrogen-bond donors (Lipinski definition) is 1. The fourth-order valence-corrected chi connectivity index (χ4v) is 2.72. The van der Waals surface area contributed by atoms with Gasteiger partial charge >= 0.3 is 0 Å². The monoisotopic (exact) mass is 284 g/mol. The maximum atomic E-state index is 13.4. The minimum atomic E-state index is -0.329. The molecule has 0 bridgehead atoms. The van der Waals surface area contributed by atoms with Gasteiger partial charge < -0.3 is 5.32 Å². The van der Waals surface area contributed by atoms with Gasteiger partial charge in [-0.25, -0.2) is 9.37 Å². The van der Waals surface area contributed by atoms with Crippen molar-refractivity contribution in [3.8, 4) is 0 Å². The summed E-state index contributed by atoms with van der Waals surface area (Å²) in [6.45, 7) is 4.09. The molecular weight excluding hydrogens is 271 g/mol. The molecule has 96 valence electrons. The molecular formula is C13H14ClFN2S. The highest BCUT2D eigenvalue weighted by molar-refractivity contribution is 7.09. The zero-order chi connectivity index (χ0) is 13.1. The quantitative estimate of drug-likeness (QED) is 0.917. The molecule has 0 aliphatic carbocycles. The van der Waals surface area contributed by atoms with Crippen molar-refractivity contribution >= 4 is 22.9 Å². The number of benzene rings is 1. The van der Waals surface area contributed by atoms with E-state index >= 15 is 0 Å². The molecule has 2 rings (SSSR count). The first-order chi connectivity index (χ1) is 8.56. The molecule has 18 heavy (non-hydrogen) atoms. The molecule has 0 aliphatic rings. The molecule has 5 heteroatoms. The van der Waals surface area contributed by atoms with Gasteiger partial charge in [0.25, 0.3) is 0 Å². The Hall–Kier alpha value is -0.970. The van der Waals surface area contributed by atoms with E-state index in [2.05, 4.69) is 10.3 Å². The van der Waals surface area contributed by atoms with Crippen LogP contribution in [0.5, 0.6) is 0 Å². The van der Waals surface area contributed by atoms with Crippen molar-refractivity contribution in [1.82, 2.24) is 10.3 Å². The normalized spacial score (nSPS) is 12.9. The van der Waals surface area contributed by atoms with Gasteiger partial charge in [-0.3, -0.25) is 0 Å². The number of thiazole rings is 1. The van der Waals surface area contributed by atoms with E-state index in [0.29, 0.717) is 5.02 Å². The van der Waals surface area contributed by atoms with E-state index in [1.807, 2.05) is 19.2 Å². The van der Waals surface area contributed by atoms with E-state index in [4.69, 9.17) is 11.6 Å². The highest BCUT2D eigenvalue weighted by Crippen LogP contribution is 2.27. The molecule has 2 nitrogen and oxygen atoms in total. The van der Waals surface area contributed by atoms with Crippen LogP contribution in [-0.2, 0) is 0 Å². The molecule has 0 amide bonds. The van der Waals surface area contributed by atoms with Crippen LogP contribution in [0.4, 0.5) is 4.39 Å². The van der Waals surface area contributed by atoms with Crippen molar-refractivity contribution in [1.29, 1.82) is 0 Å². The maximum absolute atomic E-state index is 13.4. The van der Waals surface area contributed by atoms with Crippen molar-refractivity contribution in [2.45, 2.75) is 25.9 Å². The summed E-state index contributed by atoms with van der Waals surface area (Å²) in [5.41, 5.74) is 0.795. The Morgan fingerprint density at radius 2 is 2.11 bits per heavy atom. The molecule has 0 fully saturated rings. The topological polar surface area (TPSA) is 24.9 Å². The average Bonchev–Trinajstić information content (AvgIpc) is 2.77. The van der Waals surface area contributed by atoms with E-state index in [1.165, 1.54) is 12.1 Å². The predicted octanol–water partition coefficient (Wildman–Crippen LogP) is 4.02. The van der Waals surface area contributed by atoms with Crippen LogP contribution in [0, 0.1) is 5.82 Å². The molecule has 2 aromatic rings. The van der Waals surface area contributed by atoms with Gasteiger partial charge in [-0.1, -0.05) is 11.6 Å². The zero-order valence-corrected chi connectivity index (χ0v) is 11.7. The highest BCUT2D eigenvalue weighted by Gasteiger charge is 2.18. The second-order valence-electron chi connectivity index (χ2n) is 4.33. The molecule has 1 unspecified atom stereocenters. The summed E-state index contributed by atoms with van der Waals surface area (Å²) in [5.74, 6) is -0.329. The lowest BCUT2D eigenvalue weighted by atomic mass is 10.1. The van der Waals surface area contributed by atoms with Crippen molar-refractivity contribution in [3.05, 3.63) is 51.2 Å². The van der Waals surface area contributed by atoms with Gasteiger partial charge in [0.2, 0.25) is 0 Å². The van der Waals surface area contributed by atoms with Crippen LogP contribution in [0.2, 0.25) is 5.02 Å². The van der Waals surface area contributed by atoms with Gasteiger partial charge in [0.1, 0.15) is 10.8 Å². The fraction of sp³-hybridized carbons (Fsp3) is 0.308. The summed E-state index contributed by atoms with van der Waals surface area (Å²) in [4.78, 5) is 4.30.